The molecule has 1 saturated heterocycles. The number of phenolic OH excluding ortho intramolecular Hbond substituents is 1. The van der Waals surface area contributed by atoms with Crippen molar-refractivity contribution in [2.45, 2.75) is 26.3 Å². The van der Waals surface area contributed by atoms with Crippen LogP contribution in [0.25, 0.3) is 0 Å². The maximum Gasteiger partial charge on any atom is 0.269 e. The van der Waals surface area contributed by atoms with E-state index < -0.39 is 11.2 Å². The van der Waals surface area contributed by atoms with Gasteiger partial charge in [-0.2, -0.15) is 0 Å². The largest absolute Gasteiger partial charge is 0.505 e. The Bertz CT molecular complexity index is 1020. The molecule has 1 fully saturated rings. The van der Waals surface area contributed by atoms with Crippen LogP contribution in [0.2, 0.25) is 0 Å². The molecule has 3 heterocycles. The van der Waals surface area contributed by atoms with E-state index in [1.54, 1.807) is 23.1 Å². The Morgan fingerprint density at radius 3 is 2.69 bits per heavy atom. The lowest BCUT2D eigenvalue weighted by Gasteiger charge is -2.17. The van der Waals surface area contributed by atoms with Crippen LogP contribution in [0.4, 0.5) is 5.69 Å². The number of likely N-dealkylation sites (tertiary alicyclic amines) is 1. The van der Waals surface area contributed by atoms with E-state index in [-0.39, 0.29) is 34.6 Å². The summed E-state index contributed by atoms with van der Waals surface area (Å²) >= 11 is -1.77. The van der Waals surface area contributed by atoms with E-state index in [1.165, 1.54) is 0 Å². The van der Waals surface area contributed by atoms with E-state index >= 15 is 0 Å². The van der Waals surface area contributed by atoms with Crippen LogP contribution in [-0.4, -0.2) is 44.9 Å². The highest BCUT2D eigenvalue weighted by Crippen LogP contribution is 2.29. The average Bonchev–Trinajstić information content (AvgIpc) is 3.43. The third-order valence-corrected chi connectivity index (χ3v) is 5.38. The monoisotopic (exact) mass is 415 g/mol. The lowest BCUT2D eigenvalue weighted by molar-refractivity contribution is 0.0790. The van der Waals surface area contributed by atoms with Crippen molar-refractivity contribution in [1.82, 2.24) is 10.2 Å². The number of amidine groups is 2. The van der Waals surface area contributed by atoms with Gasteiger partial charge in [0.25, 0.3) is 17.1 Å². The predicted octanol–water partition coefficient (Wildman–Crippen LogP) is 2.12. The van der Waals surface area contributed by atoms with Crippen molar-refractivity contribution in [3.05, 3.63) is 47.4 Å². The second-order valence-electron chi connectivity index (χ2n) is 6.80. The first kappa shape index (κ1) is 19.2. The third-order valence-electron chi connectivity index (χ3n) is 4.70. The van der Waals surface area contributed by atoms with Crippen LogP contribution in [0.15, 0.2) is 43.5 Å². The number of phenols is 1. The number of amides is 1. The van der Waals surface area contributed by atoms with Crippen LogP contribution in [0.1, 0.15) is 34.7 Å². The predicted molar refractivity (Wildman–Crippen MR) is 110 cm³/mol. The third kappa shape index (κ3) is 4.16. The minimum Gasteiger partial charge on any atom is -0.505 e. The van der Waals surface area contributed by atoms with Gasteiger partial charge < -0.3 is 25.1 Å². The van der Waals surface area contributed by atoms with E-state index in [0.717, 1.165) is 18.6 Å². The number of hydrogen-bond acceptors (Lipinski definition) is 6. The van der Waals surface area contributed by atoms with E-state index in [9.17, 15) is 14.1 Å². The first-order valence-electron chi connectivity index (χ1n) is 9.28. The van der Waals surface area contributed by atoms with Crippen molar-refractivity contribution < 1.29 is 18.5 Å². The molecule has 10 heteroatoms. The van der Waals surface area contributed by atoms with Gasteiger partial charge in [0, 0.05) is 13.1 Å². The molecule has 1 amide bonds. The van der Waals surface area contributed by atoms with Gasteiger partial charge in [-0.15, -0.1) is 8.80 Å². The van der Waals surface area contributed by atoms with Gasteiger partial charge in [0.1, 0.15) is 11.5 Å². The number of anilines is 1. The van der Waals surface area contributed by atoms with Gasteiger partial charge in [-0.25, -0.2) is 4.21 Å². The molecule has 2 aliphatic rings. The number of aryl methyl sites for hydroxylation is 1. The number of aromatic hydroxyl groups is 1. The van der Waals surface area contributed by atoms with Crippen molar-refractivity contribution in [2.75, 3.05) is 18.4 Å². The first-order chi connectivity index (χ1) is 14.0. The van der Waals surface area contributed by atoms with E-state index in [1.807, 2.05) is 19.1 Å². The minimum atomic E-state index is -1.77. The number of para-hydroxylation sites is 1. The van der Waals surface area contributed by atoms with E-state index in [0.29, 0.717) is 25.4 Å². The maximum atomic E-state index is 12.6. The van der Waals surface area contributed by atoms with Gasteiger partial charge in [0.05, 0.1) is 17.8 Å². The molecule has 0 bridgehead atoms. The number of nitrogens with zero attached hydrogens (tertiary/aromatic N) is 3. The molecule has 2 aliphatic heterocycles. The molecule has 0 aliphatic carbocycles. The summed E-state index contributed by atoms with van der Waals surface area (Å²) in [5.41, 5.74) is 0.505. The fourth-order valence-corrected chi connectivity index (χ4v) is 3.88. The number of furan rings is 1. The number of nitrogens with one attached hydrogen (secondary N) is 2. The molecular formula is C19H21N5O4S. The highest BCUT2D eigenvalue weighted by atomic mass is 32.2. The first-order valence-corrected chi connectivity index (χ1v) is 10.3. The zero-order valence-corrected chi connectivity index (χ0v) is 16.7. The Kier molecular flexibility index (Phi) is 5.34. The van der Waals surface area contributed by atoms with Crippen LogP contribution in [0, 0.1) is 6.92 Å². The van der Waals surface area contributed by atoms with Crippen molar-refractivity contribution >= 4 is 34.4 Å². The molecule has 2 aromatic rings. The lowest BCUT2D eigenvalue weighted by Crippen LogP contribution is -2.33. The zero-order valence-electron chi connectivity index (χ0n) is 15.8. The fraction of sp³-hybridized carbons (Fsp3) is 0.316. The summed E-state index contributed by atoms with van der Waals surface area (Å²) in [5, 5.41) is 16.6. The molecule has 9 nitrogen and oxygen atoms in total. The molecule has 1 aromatic heterocycles. The Hall–Kier alpha value is -3.14. The van der Waals surface area contributed by atoms with Gasteiger partial charge >= 0.3 is 0 Å². The normalized spacial score (nSPS) is 18.5. The molecule has 0 spiro atoms. The molecule has 29 heavy (non-hydrogen) atoms. The Labute approximate surface area is 170 Å². The number of rotatable bonds is 4. The molecule has 152 valence electrons. The van der Waals surface area contributed by atoms with Gasteiger partial charge in [-0.05, 0) is 44.0 Å². The number of carbonyl (C=O) groups excluding carboxylic acids is 1. The van der Waals surface area contributed by atoms with Gasteiger partial charge in [0.2, 0.25) is 0 Å². The summed E-state index contributed by atoms with van der Waals surface area (Å²) in [6.45, 7) is 3.56. The molecule has 0 saturated carbocycles. The Morgan fingerprint density at radius 1 is 1.21 bits per heavy atom. The van der Waals surface area contributed by atoms with Crippen LogP contribution in [0.3, 0.4) is 0 Å². The molecule has 1 unspecified atom stereocenters. The van der Waals surface area contributed by atoms with Crippen LogP contribution >= 0.6 is 0 Å². The average molecular weight is 415 g/mol. The smallest absolute Gasteiger partial charge is 0.269 e. The summed E-state index contributed by atoms with van der Waals surface area (Å²) in [5.74, 6) is 1.60. The van der Waals surface area contributed by atoms with Crippen molar-refractivity contribution in [1.29, 1.82) is 0 Å². The van der Waals surface area contributed by atoms with E-state index in [4.69, 9.17) is 4.42 Å². The van der Waals surface area contributed by atoms with Crippen LogP contribution in [0.5, 0.6) is 5.75 Å². The molecule has 0 radical (unpaired) electrons. The van der Waals surface area contributed by atoms with Crippen LogP contribution in [-0.2, 0) is 17.7 Å². The summed E-state index contributed by atoms with van der Waals surface area (Å²) in [6, 6.07) is 8.56. The summed E-state index contributed by atoms with van der Waals surface area (Å²) in [7, 11) is 0. The van der Waals surface area contributed by atoms with Crippen molar-refractivity contribution in [2.24, 2.45) is 8.80 Å². The maximum absolute atomic E-state index is 12.6. The van der Waals surface area contributed by atoms with Crippen molar-refractivity contribution in [3.63, 3.8) is 0 Å². The SMILES string of the molecule is Cc1ccc(CNC2=NS(=O)N=C2Nc2cccc(C(=O)N3CCCC3)c2O)o1. The number of hydrogen-bond donors (Lipinski definition) is 3. The minimum absolute atomic E-state index is 0.175. The molecular weight excluding hydrogens is 394 g/mol. The van der Waals surface area contributed by atoms with Gasteiger partial charge in [0.15, 0.2) is 17.4 Å². The zero-order chi connectivity index (χ0) is 20.4. The second-order valence-corrected chi connectivity index (χ2v) is 7.63. The standard InChI is InChI=1S/C19H21N5O4S/c1-12-7-8-13(28-12)11-20-17-18(23-29(27)22-17)21-15-6-4-5-14(16(15)25)19(26)24-9-2-3-10-24/h4-8,25H,2-3,9-11H2,1H3,(H,20,22)(H,21,23). The Morgan fingerprint density at radius 2 is 1.97 bits per heavy atom. The lowest BCUT2D eigenvalue weighted by atomic mass is 10.1. The molecule has 1 aromatic carbocycles. The summed E-state index contributed by atoms with van der Waals surface area (Å²) in [6.07, 6.45) is 1.93. The fourth-order valence-electron chi connectivity index (χ4n) is 3.25. The second kappa shape index (κ2) is 8.08. The molecule has 3 N–H and O–H groups in total. The van der Waals surface area contributed by atoms with Gasteiger partial charge in [-0.3, -0.25) is 4.79 Å². The highest BCUT2D eigenvalue weighted by molar-refractivity contribution is 7.83. The quantitative estimate of drug-likeness (QED) is 0.658. The molecule has 4 rings (SSSR count). The number of benzene rings is 1. The molecule has 1 atom stereocenters. The summed E-state index contributed by atoms with van der Waals surface area (Å²) in [4.78, 5) is 14.4. The summed E-state index contributed by atoms with van der Waals surface area (Å²) < 4.78 is 25.2. The van der Waals surface area contributed by atoms with Crippen molar-refractivity contribution in [3.8, 4) is 5.75 Å². The number of carbonyl (C=O) groups is 1. The van der Waals surface area contributed by atoms with E-state index in [2.05, 4.69) is 19.4 Å². The highest BCUT2D eigenvalue weighted by Gasteiger charge is 2.25. The van der Waals surface area contributed by atoms with Gasteiger partial charge in [-0.1, -0.05) is 6.07 Å². The van der Waals surface area contributed by atoms with Crippen LogP contribution < -0.4 is 10.6 Å². The topological polar surface area (TPSA) is 120 Å². The Balaban J connectivity index is 1.49.